The van der Waals surface area contributed by atoms with Gasteiger partial charge in [0.05, 0.1) is 6.61 Å². The number of amides is 2. The molecular formula is C28H32N2O4. The average Bonchev–Trinajstić information content (AvgIpc) is 2.86. The van der Waals surface area contributed by atoms with E-state index < -0.39 is 0 Å². The van der Waals surface area contributed by atoms with Crippen LogP contribution in [0.5, 0.6) is 11.5 Å². The summed E-state index contributed by atoms with van der Waals surface area (Å²) in [5, 5.41) is 5.64. The Kier molecular flexibility index (Phi) is 9.99. The maximum Gasteiger partial charge on any atom is 0.262 e. The van der Waals surface area contributed by atoms with Crippen molar-refractivity contribution < 1.29 is 19.1 Å². The third-order valence-electron chi connectivity index (χ3n) is 5.15. The number of carbonyl (C=O) groups is 2. The molecule has 34 heavy (non-hydrogen) atoms. The minimum Gasteiger partial charge on any atom is -0.494 e. The van der Waals surface area contributed by atoms with Crippen LogP contribution < -0.4 is 20.1 Å². The summed E-state index contributed by atoms with van der Waals surface area (Å²) in [6.07, 6.45) is 5.95. The number of anilines is 2. The van der Waals surface area contributed by atoms with E-state index >= 15 is 0 Å². The van der Waals surface area contributed by atoms with E-state index in [4.69, 9.17) is 9.47 Å². The fourth-order valence-corrected chi connectivity index (χ4v) is 3.34. The van der Waals surface area contributed by atoms with E-state index in [-0.39, 0.29) is 18.4 Å². The van der Waals surface area contributed by atoms with E-state index in [1.165, 1.54) is 25.7 Å². The van der Waals surface area contributed by atoms with Gasteiger partial charge in [0.25, 0.3) is 11.8 Å². The van der Waals surface area contributed by atoms with Gasteiger partial charge in [0.15, 0.2) is 6.61 Å². The van der Waals surface area contributed by atoms with E-state index in [1.54, 1.807) is 48.5 Å². The zero-order valence-corrected chi connectivity index (χ0v) is 19.6. The van der Waals surface area contributed by atoms with Crippen LogP contribution in [-0.2, 0) is 4.79 Å². The highest BCUT2D eigenvalue weighted by Gasteiger charge is 2.09. The number of benzene rings is 3. The first-order valence-corrected chi connectivity index (χ1v) is 11.8. The molecule has 0 atom stereocenters. The normalized spacial score (nSPS) is 10.4. The van der Waals surface area contributed by atoms with Gasteiger partial charge >= 0.3 is 0 Å². The van der Waals surface area contributed by atoms with Crippen molar-refractivity contribution in [1.29, 1.82) is 0 Å². The van der Waals surface area contributed by atoms with E-state index in [0.717, 1.165) is 12.2 Å². The van der Waals surface area contributed by atoms with Crippen LogP contribution in [-0.4, -0.2) is 25.0 Å². The first-order valence-electron chi connectivity index (χ1n) is 11.8. The van der Waals surface area contributed by atoms with Crippen LogP contribution in [0.25, 0.3) is 0 Å². The van der Waals surface area contributed by atoms with Crippen molar-refractivity contribution in [3.05, 3.63) is 84.4 Å². The van der Waals surface area contributed by atoms with Gasteiger partial charge in [0.2, 0.25) is 0 Å². The minimum absolute atomic E-state index is 0.103. The Bertz CT molecular complexity index is 1040. The monoisotopic (exact) mass is 460 g/mol. The highest BCUT2D eigenvalue weighted by Crippen LogP contribution is 2.18. The second-order valence-electron chi connectivity index (χ2n) is 7.97. The lowest BCUT2D eigenvalue weighted by atomic mass is 10.1. The van der Waals surface area contributed by atoms with Crippen molar-refractivity contribution in [3.63, 3.8) is 0 Å². The third kappa shape index (κ3) is 8.62. The molecule has 0 radical (unpaired) electrons. The summed E-state index contributed by atoms with van der Waals surface area (Å²) in [5.74, 6) is 0.867. The SMILES string of the molecule is CCCCCCCOc1ccc(C(=O)Nc2cccc(NC(=O)COc3ccccc3)c2)cc1. The number of hydrogen-bond donors (Lipinski definition) is 2. The van der Waals surface area contributed by atoms with Gasteiger partial charge in [-0.15, -0.1) is 0 Å². The molecule has 3 aromatic rings. The zero-order valence-electron chi connectivity index (χ0n) is 19.6. The van der Waals surface area contributed by atoms with Crippen molar-refractivity contribution in [3.8, 4) is 11.5 Å². The predicted molar refractivity (Wildman–Crippen MR) is 136 cm³/mol. The Morgan fingerprint density at radius 3 is 2.12 bits per heavy atom. The second-order valence-corrected chi connectivity index (χ2v) is 7.97. The molecule has 178 valence electrons. The lowest BCUT2D eigenvalue weighted by Gasteiger charge is -2.10. The summed E-state index contributed by atoms with van der Waals surface area (Å²) in [7, 11) is 0. The average molecular weight is 461 g/mol. The molecule has 3 rings (SSSR count). The van der Waals surface area contributed by atoms with Crippen LogP contribution in [0.3, 0.4) is 0 Å². The Morgan fingerprint density at radius 1 is 0.706 bits per heavy atom. The summed E-state index contributed by atoms with van der Waals surface area (Å²) < 4.78 is 11.2. The van der Waals surface area contributed by atoms with E-state index in [1.807, 2.05) is 30.3 Å². The van der Waals surface area contributed by atoms with Crippen LogP contribution in [0.4, 0.5) is 11.4 Å². The Hall–Kier alpha value is -3.80. The number of carbonyl (C=O) groups excluding carboxylic acids is 2. The molecule has 0 spiro atoms. The molecule has 0 unspecified atom stereocenters. The lowest BCUT2D eigenvalue weighted by molar-refractivity contribution is -0.118. The highest BCUT2D eigenvalue weighted by molar-refractivity contribution is 6.04. The van der Waals surface area contributed by atoms with Crippen LogP contribution in [0, 0.1) is 0 Å². The molecule has 6 heteroatoms. The smallest absolute Gasteiger partial charge is 0.262 e. The molecule has 2 N–H and O–H groups in total. The van der Waals surface area contributed by atoms with Crippen LogP contribution >= 0.6 is 0 Å². The van der Waals surface area contributed by atoms with Gasteiger partial charge in [0, 0.05) is 16.9 Å². The lowest BCUT2D eigenvalue weighted by Crippen LogP contribution is -2.20. The standard InChI is InChI=1S/C28H32N2O4/c1-2-3-4-5-9-19-33-26-17-15-22(16-18-26)28(32)30-24-12-10-11-23(20-24)29-27(31)21-34-25-13-7-6-8-14-25/h6-8,10-18,20H,2-5,9,19,21H2,1H3,(H,29,31)(H,30,32). The Labute approximate surface area is 201 Å². The van der Waals surface area contributed by atoms with Crippen LogP contribution in [0.1, 0.15) is 49.4 Å². The maximum absolute atomic E-state index is 12.6. The van der Waals surface area contributed by atoms with Gasteiger partial charge in [-0.05, 0) is 61.0 Å². The molecule has 0 heterocycles. The number of para-hydroxylation sites is 1. The van der Waals surface area contributed by atoms with E-state index in [0.29, 0.717) is 29.3 Å². The quantitative estimate of drug-likeness (QED) is 0.293. The van der Waals surface area contributed by atoms with Crippen LogP contribution in [0.15, 0.2) is 78.9 Å². The summed E-state index contributed by atoms with van der Waals surface area (Å²) in [4.78, 5) is 24.8. The van der Waals surface area contributed by atoms with E-state index in [2.05, 4.69) is 17.6 Å². The molecule has 0 aliphatic heterocycles. The van der Waals surface area contributed by atoms with Gasteiger partial charge in [-0.1, -0.05) is 56.9 Å². The fourth-order valence-electron chi connectivity index (χ4n) is 3.34. The summed E-state index contributed by atoms with van der Waals surface area (Å²) in [6, 6.07) is 23.2. The maximum atomic E-state index is 12.6. The largest absolute Gasteiger partial charge is 0.494 e. The third-order valence-corrected chi connectivity index (χ3v) is 5.15. The van der Waals surface area contributed by atoms with Crippen molar-refractivity contribution in [2.45, 2.75) is 39.0 Å². The zero-order chi connectivity index (χ0) is 24.0. The minimum atomic E-state index is -0.284. The molecule has 0 aliphatic carbocycles. The molecule has 0 bridgehead atoms. The molecular weight excluding hydrogens is 428 g/mol. The summed E-state index contributed by atoms with van der Waals surface area (Å²) in [5.41, 5.74) is 1.68. The number of hydrogen-bond acceptors (Lipinski definition) is 4. The van der Waals surface area contributed by atoms with Crippen molar-refractivity contribution in [2.24, 2.45) is 0 Å². The highest BCUT2D eigenvalue weighted by atomic mass is 16.5. The van der Waals surface area contributed by atoms with Gasteiger partial charge < -0.3 is 20.1 Å². The van der Waals surface area contributed by atoms with Gasteiger partial charge in [0.1, 0.15) is 11.5 Å². The Morgan fingerprint density at radius 2 is 1.38 bits per heavy atom. The first-order chi connectivity index (χ1) is 16.6. The number of ether oxygens (including phenoxy) is 2. The van der Waals surface area contributed by atoms with Gasteiger partial charge in [-0.2, -0.15) is 0 Å². The van der Waals surface area contributed by atoms with Crippen molar-refractivity contribution >= 4 is 23.2 Å². The number of rotatable bonds is 13. The number of nitrogens with one attached hydrogen (secondary N) is 2. The molecule has 0 saturated carbocycles. The van der Waals surface area contributed by atoms with Crippen molar-refractivity contribution in [1.82, 2.24) is 0 Å². The predicted octanol–water partition coefficient (Wildman–Crippen LogP) is 6.31. The van der Waals surface area contributed by atoms with Crippen LogP contribution in [0.2, 0.25) is 0 Å². The molecule has 6 nitrogen and oxygen atoms in total. The molecule has 2 amide bonds. The second kappa shape index (κ2) is 13.7. The van der Waals surface area contributed by atoms with Gasteiger partial charge in [-0.25, -0.2) is 0 Å². The molecule has 0 saturated heterocycles. The van der Waals surface area contributed by atoms with Gasteiger partial charge in [-0.3, -0.25) is 9.59 Å². The summed E-state index contributed by atoms with van der Waals surface area (Å²) >= 11 is 0. The molecule has 3 aromatic carbocycles. The number of unbranched alkanes of at least 4 members (excludes halogenated alkanes) is 4. The van der Waals surface area contributed by atoms with Crippen molar-refractivity contribution in [2.75, 3.05) is 23.8 Å². The summed E-state index contributed by atoms with van der Waals surface area (Å²) in [6.45, 7) is 2.78. The Balaban J connectivity index is 1.45. The topological polar surface area (TPSA) is 76.7 Å². The first kappa shape index (κ1) is 24.8. The molecule has 0 fully saturated rings. The fraction of sp³-hybridized carbons (Fsp3) is 0.286. The molecule has 0 aliphatic rings. The van der Waals surface area contributed by atoms with E-state index in [9.17, 15) is 9.59 Å². The molecule has 0 aromatic heterocycles.